The Morgan fingerprint density at radius 1 is 1.09 bits per heavy atom. The highest BCUT2D eigenvalue weighted by Gasteiger charge is 2.16. The Morgan fingerprint density at radius 2 is 1.91 bits per heavy atom. The van der Waals surface area contributed by atoms with E-state index in [0.29, 0.717) is 12.0 Å². The fourth-order valence-electron chi connectivity index (χ4n) is 1.27. The molecule has 2 aliphatic heterocycles. The van der Waals surface area contributed by atoms with Gasteiger partial charge in [0.15, 0.2) is 0 Å². The van der Waals surface area contributed by atoms with Crippen molar-refractivity contribution < 1.29 is 0 Å². The molecule has 0 unspecified atom stereocenters. The minimum absolute atomic E-state index is 0.309. The van der Waals surface area contributed by atoms with E-state index in [2.05, 4.69) is 35.7 Å². The standard InChI is InChI=1S/C9H9NS/c11-9-7-3-1-2-4-8(10-9)6-5-7/h1-8H,(H,10,11)/t7-,8+/m1/s1. The van der Waals surface area contributed by atoms with E-state index < -0.39 is 0 Å². The lowest BCUT2D eigenvalue weighted by molar-refractivity contribution is 0.817. The van der Waals surface area contributed by atoms with Crippen LogP contribution in [-0.2, 0) is 0 Å². The number of fused-ring (bicyclic) bond motifs is 2. The Labute approximate surface area is 71.5 Å². The highest BCUT2D eigenvalue weighted by molar-refractivity contribution is 7.80. The molecule has 0 aromatic heterocycles. The average Bonchev–Trinajstić information content (AvgIpc) is 1.92. The average molecular weight is 163 g/mol. The molecule has 0 saturated heterocycles. The van der Waals surface area contributed by atoms with Gasteiger partial charge in [0.05, 0.1) is 11.0 Å². The molecule has 0 saturated carbocycles. The van der Waals surface area contributed by atoms with Gasteiger partial charge in [0.1, 0.15) is 0 Å². The van der Waals surface area contributed by atoms with Gasteiger partial charge in [-0.2, -0.15) is 0 Å². The van der Waals surface area contributed by atoms with Crippen molar-refractivity contribution in [2.45, 2.75) is 6.04 Å². The van der Waals surface area contributed by atoms with Gasteiger partial charge in [-0.3, -0.25) is 0 Å². The lowest BCUT2D eigenvalue weighted by Gasteiger charge is -2.23. The van der Waals surface area contributed by atoms with Crippen LogP contribution in [0.3, 0.4) is 0 Å². The first-order chi connectivity index (χ1) is 5.36. The van der Waals surface area contributed by atoms with Gasteiger partial charge in [0.2, 0.25) is 0 Å². The first kappa shape index (κ1) is 6.80. The summed E-state index contributed by atoms with van der Waals surface area (Å²) in [5.74, 6) is 0.311. The molecular weight excluding hydrogens is 154 g/mol. The van der Waals surface area contributed by atoms with Crippen molar-refractivity contribution in [2.24, 2.45) is 5.92 Å². The molecule has 3 aliphatic rings. The van der Waals surface area contributed by atoms with Crippen molar-refractivity contribution in [1.29, 1.82) is 0 Å². The van der Waals surface area contributed by atoms with E-state index in [1.165, 1.54) is 0 Å². The SMILES string of the molecule is S=C1N[C@H]2C=CC=C[C@@H]1C=C2. The molecule has 0 fully saturated rings. The molecule has 1 N–H and O–H groups in total. The lowest BCUT2D eigenvalue weighted by Crippen LogP contribution is -2.38. The van der Waals surface area contributed by atoms with Crippen LogP contribution in [0.25, 0.3) is 0 Å². The van der Waals surface area contributed by atoms with Crippen molar-refractivity contribution in [3.05, 3.63) is 36.5 Å². The molecular formula is C9H9NS. The second kappa shape index (κ2) is 2.62. The molecule has 0 spiro atoms. The molecule has 11 heavy (non-hydrogen) atoms. The Bertz CT molecular complexity index is 263. The van der Waals surface area contributed by atoms with Gasteiger partial charge in [-0.15, -0.1) is 0 Å². The topological polar surface area (TPSA) is 12.0 Å². The Kier molecular flexibility index (Phi) is 1.62. The molecule has 0 radical (unpaired) electrons. The third-order valence-electron chi connectivity index (χ3n) is 1.89. The molecule has 3 rings (SSSR count). The van der Waals surface area contributed by atoms with Crippen LogP contribution in [0.1, 0.15) is 0 Å². The van der Waals surface area contributed by atoms with E-state index in [9.17, 15) is 0 Å². The van der Waals surface area contributed by atoms with Gasteiger partial charge >= 0.3 is 0 Å². The first-order valence-corrected chi connectivity index (χ1v) is 4.11. The zero-order valence-electron chi connectivity index (χ0n) is 6.03. The van der Waals surface area contributed by atoms with Gasteiger partial charge in [0.25, 0.3) is 0 Å². The second-order valence-electron chi connectivity index (χ2n) is 2.71. The zero-order chi connectivity index (χ0) is 7.68. The summed E-state index contributed by atoms with van der Waals surface area (Å²) in [5.41, 5.74) is 0. The fourth-order valence-corrected chi connectivity index (χ4v) is 1.56. The normalized spacial score (nSPS) is 33.3. The van der Waals surface area contributed by atoms with E-state index in [1.54, 1.807) is 0 Å². The number of nitrogens with one attached hydrogen (secondary N) is 1. The summed E-state index contributed by atoms with van der Waals surface area (Å²) in [5, 5.41) is 3.22. The molecule has 1 aliphatic carbocycles. The molecule has 56 valence electrons. The van der Waals surface area contributed by atoms with Gasteiger partial charge in [-0.05, 0) is 0 Å². The van der Waals surface area contributed by atoms with Crippen LogP contribution in [0.2, 0.25) is 0 Å². The highest BCUT2D eigenvalue weighted by Crippen LogP contribution is 2.13. The molecule has 0 aromatic rings. The molecule has 2 heterocycles. The lowest BCUT2D eigenvalue weighted by atomic mass is 10.00. The van der Waals surface area contributed by atoms with Crippen molar-refractivity contribution in [2.75, 3.05) is 0 Å². The molecule has 2 atom stereocenters. The maximum absolute atomic E-state index is 5.16. The summed E-state index contributed by atoms with van der Waals surface area (Å²) >= 11 is 5.16. The quantitative estimate of drug-likeness (QED) is 0.430. The molecule has 1 nitrogen and oxygen atoms in total. The molecule has 0 aromatic carbocycles. The van der Waals surface area contributed by atoms with Crippen LogP contribution in [0.5, 0.6) is 0 Å². The minimum atomic E-state index is 0.309. The van der Waals surface area contributed by atoms with E-state index in [0.717, 1.165) is 4.99 Å². The second-order valence-corrected chi connectivity index (χ2v) is 3.15. The smallest absolute Gasteiger partial charge is 0.0868 e. The van der Waals surface area contributed by atoms with Crippen molar-refractivity contribution in [3.8, 4) is 0 Å². The van der Waals surface area contributed by atoms with Crippen molar-refractivity contribution >= 4 is 17.2 Å². The number of hydrogen-bond donors (Lipinski definition) is 1. The van der Waals surface area contributed by atoms with Gasteiger partial charge in [0, 0.05) is 5.92 Å². The third-order valence-corrected chi connectivity index (χ3v) is 2.28. The first-order valence-electron chi connectivity index (χ1n) is 3.70. The summed E-state index contributed by atoms with van der Waals surface area (Å²) in [6, 6.07) is 0.309. The summed E-state index contributed by atoms with van der Waals surface area (Å²) < 4.78 is 0. The van der Waals surface area contributed by atoms with Crippen LogP contribution in [0.15, 0.2) is 36.5 Å². The summed E-state index contributed by atoms with van der Waals surface area (Å²) in [6.07, 6.45) is 12.6. The van der Waals surface area contributed by atoms with Gasteiger partial charge in [-0.25, -0.2) is 0 Å². The molecule has 2 heteroatoms. The predicted octanol–water partition coefficient (Wildman–Crippen LogP) is 1.58. The molecule has 2 bridgehead atoms. The van der Waals surface area contributed by atoms with Crippen LogP contribution in [0.4, 0.5) is 0 Å². The summed E-state index contributed by atoms with van der Waals surface area (Å²) in [7, 11) is 0. The summed E-state index contributed by atoms with van der Waals surface area (Å²) in [6.45, 7) is 0. The van der Waals surface area contributed by atoms with Crippen LogP contribution in [-0.4, -0.2) is 11.0 Å². The Hall–Kier alpha value is -0.890. The third kappa shape index (κ3) is 1.26. The van der Waals surface area contributed by atoms with E-state index >= 15 is 0 Å². The number of hydrogen-bond acceptors (Lipinski definition) is 1. The maximum Gasteiger partial charge on any atom is 0.0868 e. The highest BCUT2D eigenvalue weighted by atomic mass is 32.1. The van der Waals surface area contributed by atoms with Crippen LogP contribution < -0.4 is 5.32 Å². The number of rotatable bonds is 0. The van der Waals surface area contributed by atoms with Gasteiger partial charge < -0.3 is 5.32 Å². The number of allylic oxidation sites excluding steroid dienone is 2. The predicted molar refractivity (Wildman–Crippen MR) is 50.4 cm³/mol. The van der Waals surface area contributed by atoms with Gasteiger partial charge in [-0.1, -0.05) is 48.7 Å². The zero-order valence-corrected chi connectivity index (χ0v) is 6.84. The minimum Gasteiger partial charge on any atom is -0.369 e. The van der Waals surface area contributed by atoms with Crippen molar-refractivity contribution in [1.82, 2.24) is 5.32 Å². The van der Waals surface area contributed by atoms with Crippen LogP contribution in [0, 0.1) is 5.92 Å². The van der Waals surface area contributed by atoms with Crippen LogP contribution >= 0.6 is 12.2 Å². The van der Waals surface area contributed by atoms with E-state index in [4.69, 9.17) is 12.2 Å². The maximum atomic E-state index is 5.16. The number of thiocarbonyl (C=S) groups is 1. The monoisotopic (exact) mass is 163 g/mol. The molecule has 0 amide bonds. The van der Waals surface area contributed by atoms with E-state index in [-0.39, 0.29) is 0 Å². The van der Waals surface area contributed by atoms with E-state index in [1.807, 2.05) is 6.08 Å². The largest absolute Gasteiger partial charge is 0.369 e. The van der Waals surface area contributed by atoms with Crippen molar-refractivity contribution in [3.63, 3.8) is 0 Å². The Balaban J connectivity index is 2.38. The fraction of sp³-hybridized carbons (Fsp3) is 0.222. The summed E-state index contributed by atoms with van der Waals surface area (Å²) in [4.78, 5) is 0.929. The Morgan fingerprint density at radius 3 is 2.73 bits per heavy atom.